The Labute approximate surface area is 99.8 Å². The lowest BCUT2D eigenvalue weighted by atomic mass is 9.95. The zero-order valence-corrected chi connectivity index (χ0v) is 10.5. The van der Waals surface area contributed by atoms with Crippen LogP contribution in [-0.2, 0) is 0 Å². The number of rotatable bonds is 5. The molecule has 0 aliphatic heterocycles. The fourth-order valence-corrected chi connectivity index (χ4v) is 3.33. The highest BCUT2D eigenvalue weighted by Crippen LogP contribution is 2.29. The Balaban J connectivity index is 1.51. The van der Waals surface area contributed by atoms with E-state index in [4.69, 9.17) is 0 Å². The van der Waals surface area contributed by atoms with Crippen molar-refractivity contribution in [2.45, 2.75) is 76.4 Å². The molecule has 2 atom stereocenters. The first-order valence-electron chi connectivity index (χ1n) is 7.28. The maximum atomic E-state index is 9.72. The Bertz CT molecular complexity index is 189. The molecule has 2 unspecified atom stereocenters. The van der Waals surface area contributed by atoms with E-state index in [9.17, 15) is 5.11 Å². The highest BCUT2D eigenvalue weighted by Gasteiger charge is 2.24. The van der Waals surface area contributed by atoms with Crippen molar-refractivity contribution >= 4 is 0 Å². The van der Waals surface area contributed by atoms with Crippen molar-refractivity contribution in [3.05, 3.63) is 0 Å². The van der Waals surface area contributed by atoms with Crippen LogP contribution in [0.2, 0.25) is 0 Å². The summed E-state index contributed by atoms with van der Waals surface area (Å²) in [6.45, 7) is 1.16. The fraction of sp³-hybridized carbons (Fsp3) is 1.00. The summed E-state index contributed by atoms with van der Waals surface area (Å²) in [6.07, 6.45) is 13.0. The van der Waals surface area contributed by atoms with E-state index < -0.39 is 0 Å². The highest BCUT2D eigenvalue weighted by atomic mass is 16.3. The standard InChI is InChI=1S/C14H27NO/c16-14-10-4-6-12(14)7-5-11-15-13-8-2-1-3-9-13/h12-16H,1-11H2. The Kier molecular flexibility index (Phi) is 5.11. The number of aliphatic hydroxyl groups is 1. The third-order valence-corrected chi connectivity index (χ3v) is 4.41. The summed E-state index contributed by atoms with van der Waals surface area (Å²) in [5, 5.41) is 13.4. The van der Waals surface area contributed by atoms with Gasteiger partial charge in [-0.3, -0.25) is 0 Å². The molecule has 0 heterocycles. The van der Waals surface area contributed by atoms with Crippen molar-refractivity contribution in [2.75, 3.05) is 6.54 Å². The maximum absolute atomic E-state index is 9.72. The Morgan fingerprint density at radius 1 is 0.938 bits per heavy atom. The third kappa shape index (κ3) is 3.74. The third-order valence-electron chi connectivity index (χ3n) is 4.41. The van der Waals surface area contributed by atoms with E-state index in [0.29, 0.717) is 5.92 Å². The van der Waals surface area contributed by atoms with E-state index >= 15 is 0 Å². The molecule has 94 valence electrons. The quantitative estimate of drug-likeness (QED) is 0.705. The Hall–Kier alpha value is -0.0800. The molecule has 2 aliphatic carbocycles. The van der Waals surface area contributed by atoms with Gasteiger partial charge in [0.1, 0.15) is 0 Å². The normalized spacial score (nSPS) is 32.1. The number of aliphatic hydroxyl groups excluding tert-OH is 1. The maximum Gasteiger partial charge on any atom is 0.0568 e. The van der Waals surface area contributed by atoms with Gasteiger partial charge in [-0.15, -0.1) is 0 Å². The lowest BCUT2D eigenvalue weighted by Gasteiger charge is -2.23. The van der Waals surface area contributed by atoms with Crippen molar-refractivity contribution in [3.8, 4) is 0 Å². The fourth-order valence-electron chi connectivity index (χ4n) is 3.33. The molecule has 2 rings (SSSR count). The van der Waals surface area contributed by atoms with Gasteiger partial charge in [-0.05, 0) is 51.0 Å². The van der Waals surface area contributed by atoms with Crippen LogP contribution < -0.4 is 5.32 Å². The van der Waals surface area contributed by atoms with Crippen LogP contribution in [0.1, 0.15) is 64.2 Å². The van der Waals surface area contributed by atoms with Gasteiger partial charge in [0, 0.05) is 6.04 Å². The summed E-state index contributed by atoms with van der Waals surface area (Å²) in [5.74, 6) is 0.605. The van der Waals surface area contributed by atoms with Crippen LogP contribution in [0.3, 0.4) is 0 Å². The molecule has 0 aromatic carbocycles. The molecule has 0 aromatic rings. The summed E-state index contributed by atoms with van der Waals surface area (Å²) in [6, 6.07) is 0.794. The first-order chi connectivity index (χ1) is 7.86. The first-order valence-corrected chi connectivity index (χ1v) is 7.28. The van der Waals surface area contributed by atoms with Crippen molar-refractivity contribution in [1.29, 1.82) is 0 Å². The van der Waals surface area contributed by atoms with Crippen LogP contribution >= 0.6 is 0 Å². The predicted octanol–water partition coefficient (Wildman–Crippen LogP) is 2.85. The smallest absolute Gasteiger partial charge is 0.0568 e. The minimum absolute atomic E-state index is 0.00896. The van der Waals surface area contributed by atoms with Gasteiger partial charge < -0.3 is 10.4 Å². The summed E-state index contributed by atoms with van der Waals surface area (Å²) in [5.41, 5.74) is 0. The van der Waals surface area contributed by atoms with Gasteiger partial charge in [0.25, 0.3) is 0 Å². The monoisotopic (exact) mass is 225 g/mol. The molecule has 0 bridgehead atoms. The molecule has 0 radical (unpaired) electrons. The average Bonchev–Trinajstić information content (AvgIpc) is 2.72. The summed E-state index contributed by atoms with van der Waals surface area (Å²) in [4.78, 5) is 0. The van der Waals surface area contributed by atoms with Gasteiger partial charge in [-0.25, -0.2) is 0 Å². The lowest BCUT2D eigenvalue weighted by molar-refractivity contribution is 0.126. The van der Waals surface area contributed by atoms with Crippen LogP contribution in [0.25, 0.3) is 0 Å². The molecular formula is C14H27NO. The largest absolute Gasteiger partial charge is 0.393 e. The van der Waals surface area contributed by atoms with E-state index in [1.807, 2.05) is 0 Å². The minimum atomic E-state index is 0.00896. The van der Waals surface area contributed by atoms with Gasteiger partial charge >= 0.3 is 0 Å². The first kappa shape index (κ1) is 12.4. The summed E-state index contributed by atoms with van der Waals surface area (Å²) >= 11 is 0. The van der Waals surface area contributed by atoms with Gasteiger partial charge in [-0.1, -0.05) is 25.7 Å². The molecule has 2 fully saturated rings. The van der Waals surface area contributed by atoms with E-state index in [1.165, 1.54) is 57.8 Å². The van der Waals surface area contributed by atoms with Gasteiger partial charge in [0.2, 0.25) is 0 Å². The molecule has 2 N–H and O–H groups in total. The molecule has 0 amide bonds. The van der Waals surface area contributed by atoms with E-state index in [1.54, 1.807) is 0 Å². The number of hydrogen-bond acceptors (Lipinski definition) is 2. The zero-order chi connectivity index (χ0) is 11.2. The number of hydrogen-bond donors (Lipinski definition) is 2. The lowest BCUT2D eigenvalue weighted by Crippen LogP contribution is -2.32. The topological polar surface area (TPSA) is 32.3 Å². The van der Waals surface area contributed by atoms with E-state index in [2.05, 4.69) is 5.32 Å². The molecule has 0 saturated heterocycles. The van der Waals surface area contributed by atoms with Crippen LogP contribution in [0, 0.1) is 5.92 Å². The molecule has 2 aliphatic rings. The van der Waals surface area contributed by atoms with Gasteiger partial charge in [0.05, 0.1) is 6.10 Å². The average molecular weight is 225 g/mol. The van der Waals surface area contributed by atoms with Crippen LogP contribution in [0.4, 0.5) is 0 Å². The van der Waals surface area contributed by atoms with Crippen molar-refractivity contribution in [1.82, 2.24) is 5.32 Å². The van der Waals surface area contributed by atoms with Gasteiger partial charge in [-0.2, -0.15) is 0 Å². The number of nitrogens with one attached hydrogen (secondary N) is 1. The predicted molar refractivity (Wildman–Crippen MR) is 67.5 cm³/mol. The Morgan fingerprint density at radius 2 is 1.75 bits per heavy atom. The second-order valence-electron chi connectivity index (χ2n) is 5.69. The van der Waals surface area contributed by atoms with Crippen LogP contribution in [0.15, 0.2) is 0 Å². The van der Waals surface area contributed by atoms with Crippen LogP contribution in [0.5, 0.6) is 0 Å². The molecule has 0 aromatic heterocycles. The summed E-state index contributed by atoms with van der Waals surface area (Å²) < 4.78 is 0. The zero-order valence-electron chi connectivity index (χ0n) is 10.5. The second-order valence-corrected chi connectivity index (χ2v) is 5.69. The van der Waals surface area contributed by atoms with Crippen molar-refractivity contribution in [3.63, 3.8) is 0 Å². The Morgan fingerprint density at radius 3 is 2.44 bits per heavy atom. The highest BCUT2D eigenvalue weighted by molar-refractivity contribution is 4.77. The van der Waals surface area contributed by atoms with Crippen LogP contribution in [-0.4, -0.2) is 23.8 Å². The molecule has 2 heteroatoms. The molecule has 2 nitrogen and oxygen atoms in total. The molecule has 0 spiro atoms. The van der Waals surface area contributed by atoms with Crippen molar-refractivity contribution < 1.29 is 5.11 Å². The minimum Gasteiger partial charge on any atom is -0.393 e. The second kappa shape index (κ2) is 6.61. The molecule has 2 saturated carbocycles. The molecular weight excluding hydrogens is 198 g/mol. The SMILES string of the molecule is OC1CCCC1CCCNC1CCCCC1. The summed E-state index contributed by atoms with van der Waals surface area (Å²) in [7, 11) is 0. The van der Waals surface area contributed by atoms with Crippen molar-refractivity contribution in [2.24, 2.45) is 5.92 Å². The molecule has 16 heavy (non-hydrogen) atoms. The van der Waals surface area contributed by atoms with E-state index in [-0.39, 0.29) is 6.10 Å². The van der Waals surface area contributed by atoms with Gasteiger partial charge in [0.15, 0.2) is 0 Å². The van der Waals surface area contributed by atoms with E-state index in [0.717, 1.165) is 19.0 Å².